The molecule has 3 rings (SSSR count). The van der Waals surface area contributed by atoms with Gasteiger partial charge in [-0.2, -0.15) is 0 Å². The van der Waals surface area contributed by atoms with Gasteiger partial charge in [-0.3, -0.25) is 0 Å². The van der Waals surface area contributed by atoms with Crippen LogP contribution < -0.4 is 4.90 Å². The van der Waals surface area contributed by atoms with E-state index in [0.29, 0.717) is 6.54 Å². The first-order valence-electron chi connectivity index (χ1n) is 7.43. The Kier molecular flexibility index (Phi) is 4.39. The van der Waals surface area contributed by atoms with E-state index in [1.54, 1.807) is 7.11 Å². The molecule has 0 spiro atoms. The Morgan fingerprint density at radius 2 is 1.77 bits per heavy atom. The maximum Gasteiger partial charge on any atom is 0.106 e. The lowest BCUT2D eigenvalue weighted by Gasteiger charge is -2.24. The van der Waals surface area contributed by atoms with Crippen LogP contribution in [0, 0.1) is 0 Å². The van der Waals surface area contributed by atoms with Gasteiger partial charge >= 0.3 is 0 Å². The van der Waals surface area contributed by atoms with Crippen LogP contribution in [0.5, 0.6) is 0 Å². The van der Waals surface area contributed by atoms with Crippen molar-refractivity contribution in [2.75, 3.05) is 25.2 Å². The van der Waals surface area contributed by atoms with E-state index in [4.69, 9.17) is 4.84 Å². The van der Waals surface area contributed by atoms with Crippen LogP contribution in [0.1, 0.15) is 6.42 Å². The summed E-state index contributed by atoms with van der Waals surface area (Å²) in [4.78, 5) is 7.03. The monoisotopic (exact) mass is 296 g/mol. The molecule has 1 saturated heterocycles. The van der Waals surface area contributed by atoms with Crippen LogP contribution in [0.2, 0.25) is 0 Å². The van der Waals surface area contributed by atoms with Crippen molar-refractivity contribution >= 4 is 11.4 Å². The van der Waals surface area contributed by atoms with Gasteiger partial charge in [0.1, 0.15) is 7.11 Å². The summed E-state index contributed by atoms with van der Waals surface area (Å²) in [6, 6.07) is 18.8. The van der Waals surface area contributed by atoms with Gasteiger partial charge < -0.3 is 14.8 Å². The highest BCUT2D eigenvalue weighted by Gasteiger charge is 2.29. The van der Waals surface area contributed by atoms with Crippen LogP contribution in [0.4, 0.5) is 5.69 Å². The first-order valence-corrected chi connectivity index (χ1v) is 7.43. The van der Waals surface area contributed by atoms with Gasteiger partial charge in [-0.15, -0.1) is 0 Å². The molecule has 0 aromatic heterocycles. The standard InChI is InChI=1S/C18H20N2O2/c1-22-19-16-11-18(13-21)20(12-16)17-9-7-15(8-10-17)14-5-3-2-4-6-14/h2-10,18,21H,11-13H2,1H3/b19-16-/t18-/m0/s1. The molecule has 1 fully saturated rings. The first kappa shape index (κ1) is 14.6. The highest BCUT2D eigenvalue weighted by molar-refractivity contribution is 5.92. The van der Waals surface area contributed by atoms with Crippen molar-refractivity contribution in [1.29, 1.82) is 0 Å². The van der Waals surface area contributed by atoms with Gasteiger partial charge in [0, 0.05) is 12.1 Å². The lowest BCUT2D eigenvalue weighted by molar-refractivity contribution is 0.212. The van der Waals surface area contributed by atoms with Gasteiger partial charge in [0.2, 0.25) is 0 Å². The summed E-state index contributed by atoms with van der Waals surface area (Å²) in [5.74, 6) is 0. The van der Waals surface area contributed by atoms with Gasteiger partial charge in [0.15, 0.2) is 0 Å². The fourth-order valence-corrected chi connectivity index (χ4v) is 2.91. The molecular formula is C18H20N2O2. The molecule has 4 heteroatoms. The number of rotatable bonds is 4. The van der Waals surface area contributed by atoms with Gasteiger partial charge in [-0.25, -0.2) is 0 Å². The molecule has 2 aromatic rings. The highest BCUT2D eigenvalue weighted by Crippen LogP contribution is 2.27. The molecule has 22 heavy (non-hydrogen) atoms. The molecule has 0 bridgehead atoms. The molecule has 1 aliphatic rings. The predicted molar refractivity (Wildman–Crippen MR) is 89.2 cm³/mol. The molecule has 1 N–H and O–H groups in total. The quantitative estimate of drug-likeness (QED) is 0.882. The van der Waals surface area contributed by atoms with E-state index in [1.165, 1.54) is 11.1 Å². The number of aliphatic hydroxyl groups excluding tert-OH is 1. The molecule has 114 valence electrons. The number of aliphatic hydroxyl groups is 1. The van der Waals surface area contributed by atoms with Crippen LogP contribution in [0.3, 0.4) is 0 Å². The number of benzene rings is 2. The van der Waals surface area contributed by atoms with E-state index in [1.807, 2.05) is 18.2 Å². The number of anilines is 1. The van der Waals surface area contributed by atoms with E-state index in [2.05, 4.69) is 46.5 Å². The van der Waals surface area contributed by atoms with Gasteiger partial charge in [0.05, 0.1) is 24.9 Å². The zero-order chi connectivity index (χ0) is 15.4. The van der Waals surface area contributed by atoms with Crippen LogP contribution in [0.15, 0.2) is 59.8 Å². The molecule has 4 nitrogen and oxygen atoms in total. The normalized spacial score (nSPS) is 19.6. The third-order valence-electron chi connectivity index (χ3n) is 4.00. The summed E-state index contributed by atoms with van der Waals surface area (Å²) >= 11 is 0. The Bertz CT molecular complexity index is 638. The minimum absolute atomic E-state index is 0.0662. The summed E-state index contributed by atoms with van der Waals surface area (Å²) in [7, 11) is 1.55. The van der Waals surface area contributed by atoms with E-state index >= 15 is 0 Å². The lowest BCUT2D eigenvalue weighted by atomic mass is 10.1. The van der Waals surface area contributed by atoms with E-state index in [0.717, 1.165) is 17.8 Å². The highest BCUT2D eigenvalue weighted by atomic mass is 16.6. The molecule has 1 atom stereocenters. The molecule has 1 aliphatic heterocycles. The van der Waals surface area contributed by atoms with E-state index in [9.17, 15) is 5.11 Å². The summed E-state index contributed by atoms with van der Waals surface area (Å²) in [6.07, 6.45) is 0.741. The summed E-state index contributed by atoms with van der Waals surface area (Å²) in [5, 5.41) is 13.6. The average Bonchev–Trinajstić information content (AvgIpc) is 2.99. The van der Waals surface area contributed by atoms with Gasteiger partial charge in [-0.05, 0) is 23.3 Å². The molecule has 0 saturated carbocycles. The largest absolute Gasteiger partial charge is 0.399 e. The van der Waals surface area contributed by atoms with Crippen molar-refractivity contribution in [2.45, 2.75) is 12.5 Å². The second-order valence-corrected chi connectivity index (χ2v) is 5.42. The molecule has 0 amide bonds. The Morgan fingerprint density at radius 1 is 1.09 bits per heavy atom. The Hall–Kier alpha value is -2.33. The Balaban J connectivity index is 1.82. The van der Waals surface area contributed by atoms with Crippen LogP contribution in [-0.2, 0) is 4.84 Å². The first-order chi connectivity index (χ1) is 10.8. The molecular weight excluding hydrogens is 276 g/mol. The SMILES string of the molecule is CO/N=C1/C[C@@H](CO)N(c2ccc(-c3ccccc3)cc2)C1. The minimum Gasteiger partial charge on any atom is -0.399 e. The van der Waals surface area contributed by atoms with Crippen molar-refractivity contribution < 1.29 is 9.94 Å². The van der Waals surface area contributed by atoms with Crippen molar-refractivity contribution in [3.63, 3.8) is 0 Å². The number of nitrogens with zero attached hydrogens (tertiary/aromatic N) is 2. The van der Waals surface area contributed by atoms with Crippen LogP contribution in [0.25, 0.3) is 11.1 Å². The molecule has 2 aromatic carbocycles. The molecule has 0 radical (unpaired) electrons. The van der Waals surface area contributed by atoms with Crippen LogP contribution in [-0.4, -0.2) is 37.1 Å². The topological polar surface area (TPSA) is 45.1 Å². The second kappa shape index (κ2) is 6.62. The third kappa shape index (κ3) is 2.97. The maximum atomic E-state index is 9.58. The molecule has 1 heterocycles. The number of hydrogen-bond donors (Lipinski definition) is 1. The van der Waals surface area contributed by atoms with Crippen LogP contribution >= 0.6 is 0 Å². The zero-order valence-corrected chi connectivity index (χ0v) is 12.6. The van der Waals surface area contributed by atoms with Crippen molar-refractivity contribution in [3.8, 4) is 11.1 Å². The minimum atomic E-state index is 0.0662. The number of hydrogen-bond acceptors (Lipinski definition) is 4. The van der Waals surface area contributed by atoms with Gasteiger partial charge in [-0.1, -0.05) is 47.6 Å². The maximum absolute atomic E-state index is 9.58. The van der Waals surface area contributed by atoms with Gasteiger partial charge in [0.25, 0.3) is 0 Å². The smallest absolute Gasteiger partial charge is 0.106 e. The van der Waals surface area contributed by atoms with Crippen molar-refractivity contribution in [3.05, 3.63) is 54.6 Å². The molecule has 0 unspecified atom stereocenters. The fourth-order valence-electron chi connectivity index (χ4n) is 2.91. The summed E-state index contributed by atoms with van der Waals surface area (Å²) in [5.41, 5.74) is 4.46. The molecule has 0 aliphatic carbocycles. The van der Waals surface area contributed by atoms with Crippen molar-refractivity contribution in [2.24, 2.45) is 5.16 Å². The van der Waals surface area contributed by atoms with E-state index < -0.39 is 0 Å². The van der Waals surface area contributed by atoms with E-state index in [-0.39, 0.29) is 12.6 Å². The average molecular weight is 296 g/mol. The third-order valence-corrected chi connectivity index (χ3v) is 4.00. The van der Waals surface area contributed by atoms with Crippen molar-refractivity contribution in [1.82, 2.24) is 0 Å². The summed E-state index contributed by atoms with van der Waals surface area (Å²) in [6.45, 7) is 0.812. The lowest BCUT2D eigenvalue weighted by Crippen LogP contribution is -2.32. The summed E-state index contributed by atoms with van der Waals surface area (Å²) < 4.78 is 0. The number of oxime groups is 1. The Morgan fingerprint density at radius 3 is 2.41 bits per heavy atom. The Labute approximate surface area is 130 Å². The fraction of sp³-hybridized carbons (Fsp3) is 0.278. The second-order valence-electron chi connectivity index (χ2n) is 5.42. The predicted octanol–water partition coefficient (Wildman–Crippen LogP) is 2.93. The zero-order valence-electron chi connectivity index (χ0n) is 12.6.